The van der Waals surface area contributed by atoms with E-state index in [-0.39, 0.29) is 5.69 Å². The Morgan fingerprint density at radius 3 is 2.29 bits per heavy atom. The first-order valence-corrected chi connectivity index (χ1v) is 6.20. The summed E-state index contributed by atoms with van der Waals surface area (Å²) in [6, 6.07) is 14.1. The molecule has 0 radical (unpaired) electrons. The fourth-order valence-corrected chi connectivity index (χ4v) is 1.80. The van der Waals surface area contributed by atoms with E-state index < -0.39 is 16.9 Å². The van der Waals surface area contributed by atoms with Gasteiger partial charge < -0.3 is 5.73 Å². The van der Waals surface area contributed by atoms with Crippen LogP contribution in [0.15, 0.2) is 59.6 Å². The van der Waals surface area contributed by atoms with E-state index in [0.717, 1.165) is 0 Å². The lowest BCUT2D eigenvalue weighted by Crippen LogP contribution is -2.20. The summed E-state index contributed by atoms with van der Waals surface area (Å²) in [4.78, 5) is 25.7. The van der Waals surface area contributed by atoms with E-state index in [1.54, 1.807) is 36.4 Å². The fraction of sp³-hybridized carbons (Fsp3) is 0.0667. The summed E-state index contributed by atoms with van der Waals surface area (Å²) in [7, 11) is 0. The average molecular weight is 283 g/mol. The third kappa shape index (κ3) is 3.73. The van der Waals surface area contributed by atoms with Crippen molar-refractivity contribution in [2.45, 2.75) is 6.04 Å². The van der Waals surface area contributed by atoms with Gasteiger partial charge in [-0.2, -0.15) is 0 Å². The van der Waals surface area contributed by atoms with Crippen molar-refractivity contribution in [3.63, 3.8) is 0 Å². The summed E-state index contributed by atoms with van der Waals surface area (Å²) in [6.45, 7) is 0. The van der Waals surface area contributed by atoms with Crippen molar-refractivity contribution in [3.8, 4) is 0 Å². The number of carbonyl (C=O) groups is 1. The first-order valence-electron chi connectivity index (χ1n) is 6.20. The number of rotatable bonds is 5. The van der Waals surface area contributed by atoms with Crippen LogP contribution >= 0.6 is 0 Å². The average Bonchev–Trinajstić information content (AvgIpc) is 2.48. The summed E-state index contributed by atoms with van der Waals surface area (Å²) >= 11 is 0. The molecular weight excluding hydrogens is 270 g/mol. The minimum absolute atomic E-state index is 0.00154. The Kier molecular flexibility index (Phi) is 4.40. The molecule has 0 aromatic heterocycles. The Balaban J connectivity index is 2.21. The van der Waals surface area contributed by atoms with Crippen LogP contribution in [-0.4, -0.2) is 17.0 Å². The molecule has 0 heterocycles. The van der Waals surface area contributed by atoms with Gasteiger partial charge in [-0.05, 0) is 23.3 Å². The van der Waals surface area contributed by atoms with Crippen molar-refractivity contribution in [1.82, 2.24) is 0 Å². The number of nitro benzene ring substituents is 1. The van der Waals surface area contributed by atoms with Crippen LogP contribution in [0.2, 0.25) is 0 Å². The highest BCUT2D eigenvalue weighted by molar-refractivity contribution is 5.86. The standard InChI is InChI=1S/C15H13N3O3/c16-15(19)14(12-4-2-1-3-5-12)17-10-11-6-8-13(9-7-11)18(20)21/h1-10,14H,(H2,16,19)/t14-/m0/s1. The molecule has 106 valence electrons. The Hall–Kier alpha value is -3.02. The fourth-order valence-electron chi connectivity index (χ4n) is 1.80. The largest absolute Gasteiger partial charge is 0.368 e. The molecule has 0 saturated carbocycles. The van der Waals surface area contributed by atoms with Gasteiger partial charge in [0.25, 0.3) is 5.69 Å². The molecule has 1 amide bonds. The van der Waals surface area contributed by atoms with Crippen molar-refractivity contribution < 1.29 is 9.72 Å². The molecule has 6 nitrogen and oxygen atoms in total. The highest BCUT2D eigenvalue weighted by atomic mass is 16.6. The van der Waals surface area contributed by atoms with E-state index >= 15 is 0 Å². The third-order valence-electron chi connectivity index (χ3n) is 2.86. The van der Waals surface area contributed by atoms with Crippen LogP contribution in [-0.2, 0) is 4.79 Å². The van der Waals surface area contributed by atoms with E-state index in [1.807, 2.05) is 6.07 Å². The Bertz CT molecular complexity index is 666. The van der Waals surface area contributed by atoms with Crippen LogP contribution in [0.3, 0.4) is 0 Å². The van der Waals surface area contributed by atoms with E-state index in [0.29, 0.717) is 11.1 Å². The van der Waals surface area contributed by atoms with Crippen LogP contribution in [0.5, 0.6) is 0 Å². The normalized spacial score (nSPS) is 12.2. The van der Waals surface area contributed by atoms with Gasteiger partial charge in [0.05, 0.1) is 4.92 Å². The number of amides is 1. The number of primary amides is 1. The maximum Gasteiger partial charge on any atom is 0.269 e. The van der Waals surface area contributed by atoms with Crippen molar-refractivity contribution >= 4 is 17.8 Å². The molecule has 2 N–H and O–H groups in total. The van der Waals surface area contributed by atoms with Gasteiger partial charge in [-0.1, -0.05) is 30.3 Å². The summed E-state index contributed by atoms with van der Waals surface area (Å²) in [6.07, 6.45) is 1.48. The molecule has 0 bridgehead atoms. The minimum Gasteiger partial charge on any atom is -0.368 e. The van der Waals surface area contributed by atoms with Crippen LogP contribution in [0.4, 0.5) is 5.69 Å². The third-order valence-corrected chi connectivity index (χ3v) is 2.86. The second-order valence-electron chi connectivity index (χ2n) is 4.34. The van der Waals surface area contributed by atoms with Gasteiger partial charge in [0.15, 0.2) is 6.04 Å². The molecule has 0 aliphatic heterocycles. The number of hydrogen-bond acceptors (Lipinski definition) is 4. The predicted molar refractivity (Wildman–Crippen MR) is 79.1 cm³/mol. The first-order chi connectivity index (χ1) is 10.1. The van der Waals surface area contributed by atoms with E-state index in [1.165, 1.54) is 18.3 Å². The number of hydrogen-bond donors (Lipinski definition) is 1. The van der Waals surface area contributed by atoms with Crippen molar-refractivity contribution in [2.75, 3.05) is 0 Å². The summed E-state index contributed by atoms with van der Waals surface area (Å²) in [5.74, 6) is -0.556. The maximum absolute atomic E-state index is 11.5. The molecule has 0 aliphatic rings. The topological polar surface area (TPSA) is 98.6 Å². The Morgan fingerprint density at radius 1 is 1.14 bits per heavy atom. The maximum atomic E-state index is 11.5. The van der Waals surface area contributed by atoms with Crippen molar-refractivity contribution in [3.05, 3.63) is 75.8 Å². The number of aliphatic imine (C=N–C) groups is 1. The smallest absolute Gasteiger partial charge is 0.269 e. The van der Waals surface area contributed by atoms with Crippen LogP contribution < -0.4 is 5.73 Å². The molecule has 2 rings (SSSR count). The zero-order chi connectivity index (χ0) is 15.2. The van der Waals surface area contributed by atoms with Gasteiger partial charge in [0, 0.05) is 18.3 Å². The van der Waals surface area contributed by atoms with Crippen LogP contribution in [0.25, 0.3) is 0 Å². The number of nitro groups is 1. The molecule has 0 fully saturated rings. The quantitative estimate of drug-likeness (QED) is 0.517. The summed E-state index contributed by atoms with van der Waals surface area (Å²) in [5.41, 5.74) is 6.71. The minimum atomic E-state index is -0.776. The summed E-state index contributed by atoms with van der Waals surface area (Å²) in [5, 5.41) is 10.6. The van der Waals surface area contributed by atoms with E-state index in [2.05, 4.69) is 4.99 Å². The molecule has 2 aromatic rings. The van der Waals surface area contributed by atoms with E-state index in [4.69, 9.17) is 5.73 Å². The van der Waals surface area contributed by atoms with Gasteiger partial charge in [-0.15, -0.1) is 0 Å². The zero-order valence-corrected chi connectivity index (χ0v) is 11.0. The Morgan fingerprint density at radius 2 is 1.76 bits per heavy atom. The molecule has 21 heavy (non-hydrogen) atoms. The van der Waals surface area contributed by atoms with Gasteiger partial charge in [0.1, 0.15) is 0 Å². The van der Waals surface area contributed by atoms with Crippen LogP contribution in [0.1, 0.15) is 17.2 Å². The SMILES string of the molecule is NC(=O)[C@@H](N=Cc1ccc([N+](=O)[O-])cc1)c1ccccc1. The molecule has 1 atom stereocenters. The second kappa shape index (κ2) is 6.42. The monoisotopic (exact) mass is 283 g/mol. The summed E-state index contributed by atoms with van der Waals surface area (Å²) < 4.78 is 0. The molecule has 0 aliphatic carbocycles. The molecule has 0 unspecified atom stereocenters. The zero-order valence-electron chi connectivity index (χ0n) is 11.0. The number of benzene rings is 2. The van der Waals surface area contributed by atoms with Gasteiger partial charge in [0.2, 0.25) is 5.91 Å². The molecular formula is C15H13N3O3. The highest BCUT2D eigenvalue weighted by Gasteiger charge is 2.15. The molecule has 6 heteroatoms. The molecule has 0 saturated heterocycles. The molecule has 2 aromatic carbocycles. The number of carbonyl (C=O) groups excluding carboxylic acids is 1. The number of nitrogens with two attached hydrogens (primary N) is 1. The highest BCUT2D eigenvalue weighted by Crippen LogP contribution is 2.17. The van der Waals surface area contributed by atoms with Crippen molar-refractivity contribution in [1.29, 1.82) is 0 Å². The van der Waals surface area contributed by atoms with Gasteiger partial charge in [-0.3, -0.25) is 19.9 Å². The van der Waals surface area contributed by atoms with Crippen molar-refractivity contribution in [2.24, 2.45) is 10.7 Å². The van der Waals surface area contributed by atoms with E-state index in [9.17, 15) is 14.9 Å². The van der Waals surface area contributed by atoms with Gasteiger partial charge in [-0.25, -0.2) is 0 Å². The lowest BCUT2D eigenvalue weighted by molar-refractivity contribution is -0.384. The lowest BCUT2D eigenvalue weighted by atomic mass is 10.1. The predicted octanol–water partition coefficient (Wildman–Crippen LogP) is 2.24. The first kappa shape index (κ1) is 14.4. The number of non-ortho nitro benzene ring substituents is 1. The molecule has 0 spiro atoms. The number of nitrogens with zero attached hydrogens (tertiary/aromatic N) is 2. The van der Waals surface area contributed by atoms with Crippen LogP contribution in [0, 0.1) is 10.1 Å². The second-order valence-corrected chi connectivity index (χ2v) is 4.34. The lowest BCUT2D eigenvalue weighted by Gasteiger charge is -2.08. The van der Waals surface area contributed by atoms with Gasteiger partial charge >= 0.3 is 0 Å². The Labute approximate surface area is 121 Å².